The summed E-state index contributed by atoms with van der Waals surface area (Å²) < 4.78 is 0. The summed E-state index contributed by atoms with van der Waals surface area (Å²) in [5, 5.41) is 12.6. The molecule has 3 heteroatoms. The third-order valence-electron chi connectivity index (χ3n) is 3.13. The summed E-state index contributed by atoms with van der Waals surface area (Å²) >= 11 is 0. The Labute approximate surface area is 92.3 Å². The van der Waals surface area contributed by atoms with E-state index in [4.69, 9.17) is 0 Å². The van der Waals surface area contributed by atoms with Crippen LogP contribution < -0.4 is 5.32 Å². The van der Waals surface area contributed by atoms with Gasteiger partial charge in [0.15, 0.2) is 0 Å². The maximum atomic E-state index is 11.2. The summed E-state index contributed by atoms with van der Waals surface area (Å²) in [7, 11) is 0. The van der Waals surface area contributed by atoms with E-state index in [1.165, 1.54) is 19.3 Å². The van der Waals surface area contributed by atoms with Crippen molar-refractivity contribution in [1.29, 1.82) is 0 Å². The Morgan fingerprint density at radius 2 is 2.13 bits per heavy atom. The van der Waals surface area contributed by atoms with Gasteiger partial charge in [-0.3, -0.25) is 4.79 Å². The maximum Gasteiger partial charge on any atom is 0.308 e. The lowest BCUT2D eigenvalue weighted by atomic mass is 9.88. The fourth-order valence-electron chi connectivity index (χ4n) is 2.34. The van der Waals surface area contributed by atoms with Gasteiger partial charge in [-0.15, -0.1) is 0 Å². The average Bonchev–Trinajstić information content (AvgIpc) is 2.41. The highest BCUT2D eigenvalue weighted by atomic mass is 16.4. The van der Waals surface area contributed by atoms with Crippen molar-refractivity contribution in [2.45, 2.75) is 52.0 Å². The number of carboxylic acids is 1. The van der Waals surface area contributed by atoms with Crippen molar-refractivity contribution in [1.82, 2.24) is 5.32 Å². The van der Waals surface area contributed by atoms with Crippen molar-refractivity contribution < 1.29 is 9.90 Å². The Hall–Kier alpha value is -0.570. The van der Waals surface area contributed by atoms with Crippen molar-refractivity contribution in [3.8, 4) is 0 Å². The highest BCUT2D eigenvalue weighted by Gasteiger charge is 2.28. The molecule has 1 heterocycles. The van der Waals surface area contributed by atoms with Crippen LogP contribution in [0.5, 0.6) is 0 Å². The fraction of sp³-hybridized carbons (Fsp3) is 0.917. The lowest BCUT2D eigenvalue weighted by molar-refractivity contribution is -0.143. The van der Waals surface area contributed by atoms with Crippen LogP contribution in [-0.4, -0.2) is 23.7 Å². The molecule has 0 spiro atoms. The second-order valence-electron chi connectivity index (χ2n) is 4.98. The summed E-state index contributed by atoms with van der Waals surface area (Å²) in [5.41, 5.74) is 0. The van der Waals surface area contributed by atoms with Crippen molar-refractivity contribution in [3.05, 3.63) is 0 Å². The Balaban J connectivity index is 2.56. The average molecular weight is 213 g/mol. The van der Waals surface area contributed by atoms with E-state index in [0.29, 0.717) is 5.92 Å². The second kappa shape index (κ2) is 6.11. The minimum Gasteiger partial charge on any atom is -0.481 e. The van der Waals surface area contributed by atoms with E-state index in [1.807, 2.05) is 0 Å². The van der Waals surface area contributed by atoms with Gasteiger partial charge < -0.3 is 10.4 Å². The quantitative estimate of drug-likeness (QED) is 0.753. The first kappa shape index (κ1) is 12.5. The number of carboxylic acid groups (broad SMARTS) is 1. The standard InChI is InChI=1S/C12H23NO2/c1-9(2)8-10(12(14)15)11-6-4-3-5-7-13-11/h9-11,13H,3-8H2,1-2H3,(H,14,15). The van der Waals surface area contributed by atoms with Gasteiger partial charge in [-0.2, -0.15) is 0 Å². The van der Waals surface area contributed by atoms with Gasteiger partial charge in [0.25, 0.3) is 0 Å². The molecular formula is C12H23NO2. The van der Waals surface area contributed by atoms with Crippen LogP contribution >= 0.6 is 0 Å². The zero-order valence-corrected chi connectivity index (χ0v) is 9.83. The van der Waals surface area contributed by atoms with Gasteiger partial charge in [-0.05, 0) is 31.7 Å². The van der Waals surface area contributed by atoms with Crippen molar-refractivity contribution in [3.63, 3.8) is 0 Å². The molecule has 2 atom stereocenters. The third kappa shape index (κ3) is 4.20. The predicted molar refractivity (Wildman–Crippen MR) is 60.8 cm³/mol. The van der Waals surface area contributed by atoms with Crippen molar-refractivity contribution in [2.75, 3.05) is 6.54 Å². The first-order valence-corrected chi connectivity index (χ1v) is 6.07. The van der Waals surface area contributed by atoms with E-state index in [0.717, 1.165) is 19.4 Å². The molecule has 0 aromatic heterocycles. The Bertz CT molecular complexity index is 196. The Morgan fingerprint density at radius 1 is 1.40 bits per heavy atom. The predicted octanol–water partition coefficient (Wildman–Crippen LogP) is 2.27. The van der Waals surface area contributed by atoms with Gasteiger partial charge >= 0.3 is 5.97 Å². The molecule has 3 nitrogen and oxygen atoms in total. The van der Waals surface area contributed by atoms with Crippen LogP contribution in [-0.2, 0) is 4.79 Å². The topological polar surface area (TPSA) is 49.3 Å². The van der Waals surface area contributed by atoms with Crippen LogP contribution in [0.4, 0.5) is 0 Å². The van der Waals surface area contributed by atoms with Crippen molar-refractivity contribution in [2.24, 2.45) is 11.8 Å². The maximum absolute atomic E-state index is 11.2. The summed E-state index contributed by atoms with van der Waals surface area (Å²) in [5.74, 6) is -0.387. The van der Waals surface area contributed by atoms with Crippen molar-refractivity contribution >= 4 is 5.97 Å². The van der Waals surface area contributed by atoms with Crippen LogP contribution in [0, 0.1) is 11.8 Å². The first-order valence-electron chi connectivity index (χ1n) is 6.07. The SMILES string of the molecule is CC(C)CC(C(=O)O)C1CCCCCN1. The van der Waals surface area contributed by atoms with E-state index < -0.39 is 5.97 Å². The minimum absolute atomic E-state index is 0.187. The Kier molecular flexibility index (Phi) is 5.09. The smallest absolute Gasteiger partial charge is 0.308 e. The highest BCUT2D eigenvalue weighted by Crippen LogP contribution is 2.22. The van der Waals surface area contributed by atoms with E-state index in [-0.39, 0.29) is 12.0 Å². The molecule has 0 aromatic rings. The molecule has 2 N–H and O–H groups in total. The van der Waals surface area contributed by atoms with Crippen LogP contribution in [0.15, 0.2) is 0 Å². The second-order valence-corrected chi connectivity index (χ2v) is 4.98. The summed E-state index contributed by atoms with van der Waals surface area (Å²) in [6.07, 6.45) is 5.39. The molecule has 0 aromatic carbocycles. The van der Waals surface area contributed by atoms with Crippen LogP contribution in [0.2, 0.25) is 0 Å². The summed E-state index contributed by atoms with van der Waals surface area (Å²) in [4.78, 5) is 11.2. The fourth-order valence-corrected chi connectivity index (χ4v) is 2.34. The van der Waals surface area contributed by atoms with Crippen LogP contribution in [0.1, 0.15) is 46.0 Å². The number of carbonyl (C=O) groups is 1. The normalized spacial score (nSPS) is 24.9. The zero-order chi connectivity index (χ0) is 11.3. The highest BCUT2D eigenvalue weighted by molar-refractivity contribution is 5.70. The number of rotatable bonds is 4. The lowest BCUT2D eigenvalue weighted by Crippen LogP contribution is -2.40. The lowest BCUT2D eigenvalue weighted by Gasteiger charge is -2.24. The van der Waals surface area contributed by atoms with Gasteiger partial charge in [0.1, 0.15) is 0 Å². The molecular weight excluding hydrogens is 190 g/mol. The molecule has 1 aliphatic heterocycles. The van der Waals surface area contributed by atoms with E-state index in [9.17, 15) is 9.90 Å². The number of hydrogen-bond donors (Lipinski definition) is 2. The Morgan fingerprint density at radius 3 is 2.73 bits per heavy atom. The third-order valence-corrected chi connectivity index (χ3v) is 3.13. The number of hydrogen-bond acceptors (Lipinski definition) is 2. The van der Waals surface area contributed by atoms with E-state index in [1.54, 1.807) is 0 Å². The molecule has 15 heavy (non-hydrogen) atoms. The first-order chi connectivity index (χ1) is 7.11. The summed E-state index contributed by atoms with van der Waals surface area (Å²) in [6, 6.07) is 0.187. The molecule has 1 aliphatic rings. The minimum atomic E-state index is -0.636. The molecule has 0 aliphatic carbocycles. The molecule has 1 fully saturated rings. The molecule has 0 radical (unpaired) electrons. The number of aliphatic carboxylic acids is 1. The molecule has 1 rings (SSSR count). The van der Waals surface area contributed by atoms with Gasteiger partial charge in [-0.1, -0.05) is 26.7 Å². The van der Waals surface area contributed by atoms with Gasteiger partial charge in [-0.25, -0.2) is 0 Å². The van der Waals surface area contributed by atoms with Gasteiger partial charge in [0.05, 0.1) is 5.92 Å². The molecule has 1 saturated heterocycles. The molecule has 88 valence electrons. The van der Waals surface area contributed by atoms with Gasteiger partial charge in [0, 0.05) is 6.04 Å². The van der Waals surface area contributed by atoms with Gasteiger partial charge in [0.2, 0.25) is 0 Å². The monoisotopic (exact) mass is 213 g/mol. The van der Waals surface area contributed by atoms with Crippen LogP contribution in [0.3, 0.4) is 0 Å². The molecule has 0 saturated carbocycles. The molecule has 2 unspecified atom stereocenters. The zero-order valence-electron chi connectivity index (χ0n) is 9.83. The van der Waals surface area contributed by atoms with Crippen LogP contribution in [0.25, 0.3) is 0 Å². The molecule has 0 amide bonds. The summed E-state index contributed by atoms with van der Waals surface area (Å²) in [6.45, 7) is 5.16. The van der Waals surface area contributed by atoms with E-state index in [2.05, 4.69) is 19.2 Å². The largest absolute Gasteiger partial charge is 0.481 e. The van der Waals surface area contributed by atoms with E-state index >= 15 is 0 Å². The molecule has 0 bridgehead atoms. The number of nitrogens with one attached hydrogen (secondary N) is 1.